The number of amides is 2. The molecule has 1 saturated carbocycles. The number of thiophene rings is 1. The second-order valence-corrected chi connectivity index (χ2v) is 7.06. The van der Waals surface area contributed by atoms with E-state index in [1.54, 1.807) is 16.2 Å². The number of urea groups is 1. The van der Waals surface area contributed by atoms with Gasteiger partial charge in [-0.05, 0) is 48.2 Å². The van der Waals surface area contributed by atoms with Crippen LogP contribution in [0.3, 0.4) is 0 Å². The fraction of sp³-hybridized carbons (Fsp3) is 0.471. The predicted molar refractivity (Wildman–Crippen MR) is 91.8 cm³/mol. The molecular weight excluding hydrogens is 365 g/mol. The van der Waals surface area contributed by atoms with Gasteiger partial charge in [0.05, 0.1) is 0 Å². The van der Waals surface area contributed by atoms with Crippen LogP contribution in [0.5, 0.6) is 0 Å². The third-order valence-corrected chi connectivity index (χ3v) is 4.73. The molecule has 5 nitrogen and oxygen atoms in total. The Hall–Kier alpha value is -2.16. The van der Waals surface area contributed by atoms with E-state index in [9.17, 15) is 18.0 Å². The fourth-order valence-electron chi connectivity index (χ4n) is 2.60. The van der Waals surface area contributed by atoms with Crippen molar-refractivity contribution in [1.29, 1.82) is 0 Å². The first-order valence-corrected chi connectivity index (χ1v) is 9.24. The molecule has 0 bridgehead atoms. The summed E-state index contributed by atoms with van der Waals surface area (Å²) in [6.45, 7) is 2.22. The van der Waals surface area contributed by atoms with Gasteiger partial charge in [-0.1, -0.05) is 0 Å². The molecule has 0 radical (unpaired) electrons. The molecule has 2 aromatic rings. The number of carbonyl (C=O) groups is 1. The summed E-state index contributed by atoms with van der Waals surface area (Å²) in [6.07, 6.45) is -2.40. The minimum atomic E-state index is -4.50. The smallest absolute Gasteiger partial charge is 0.338 e. The molecule has 140 valence electrons. The van der Waals surface area contributed by atoms with Crippen molar-refractivity contribution < 1.29 is 18.0 Å². The lowest BCUT2D eigenvalue weighted by Crippen LogP contribution is -2.41. The van der Waals surface area contributed by atoms with E-state index < -0.39 is 11.9 Å². The lowest BCUT2D eigenvalue weighted by Gasteiger charge is -2.22. The number of nitrogens with zero attached hydrogens (tertiary/aromatic N) is 3. The number of hydrogen-bond donors (Lipinski definition) is 1. The van der Waals surface area contributed by atoms with Crippen LogP contribution in [0.15, 0.2) is 22.9 Å². The molecular formula is C17H19F3N4OS. The molecule has 1 aliphatic carbocycles. The van der Waals surface area contributed by atoms with E-state index in [0.717, 1.165) is 24.5 Å². The number of aryl methyl sites for hydroxylation is 1. The lowest BCUT2D eigenvalue weighted by molar-refractivity contribution is -0.141. The Labute approximate surface area is 153 Å². The van der Waals surface area contributed by atoms with E-state index in [-0.39, 0.29) is 36.6 Å². The maximum atomic E-state index is 12.8. The van der Waals surface area contributed by atoms with E-state index in [1.165, 1.54) is 6.92 Å². The molecule has 0 unspecified atom stereocenters. The summed E-state index contributed by atoms with van der Waals surface area (Å²) in [5, 5.41) is 6.74. The molecule has 1 aliphatic rings. The number of aromatic nitrogens is 2. The molecule has 0 aliphatic heterocycles. The highest BCUT2D eigenvalue weighted by atomic mass is 32.1. The van der Waals surface area contributed by atoms with Crippen molar-refractivity contribution in [2.75, 3.05) is 6.54 Å². The number of alkyl halides is 3. The van der Waals surface area contributed by atoms with Crippen LogP contribution in [0.2, 0.25) is 0 Å². The highest BCUT2D eigenvalue weighted by Crippen LogP contribution is 2.29. The monoisotopic (exact) mass is 384 g/mol. The van der Waals surface area contributed by atoms with Gasteiger partial charge in [0.25, 0.3) is 0 Å². The molecule has 3 rings (SSSR count). The zero-order valence-electron chi connectivity index (χ0n) is 14.2. The van der Waals surface area contributed by atoms with Crippen molar-refractivity contribution in [3.8, 4) is 0 Å². The normalized spacial score (nSPS) is 14.3. The van der Waals surface area contributed by atoms with E-state index >= 15 is 0 Å². The van der Waals surface area contributed by atoms with E-state index in [2.05, 4.69) is 15.3 Å². The summed E-state index contributed by atoms with van der Waals surface area (Å²) in [5.41, 5.74) is 0.378. The van der Waals surface area contributed by atoms with Crippen molar-refractivity contribution in [2.24, 2.45) is 0 Å². The molecule has 0 aromatic carbocycles. The van der Waals surface area contributed by atoms with Gasteiger partial charge in [0.2, 0.25) is 0 Å². The molecule has 2 aromatic heterocycles. The number of rotatable bonds is 6. The lowest BCUT2D eigenvalue weighted by atomic mass is 10.3. The molecule has 0 spiro atoms. The Balaban J connectivity index is 1.57. The van der Waals surface area contributed by atoms with Gasteiger partial charge in [0, 0.05) is 31.2 Å². The van der Waals surface area contributed by atoms with Crippen LogP contribution in [-0.2, 0) is 19.1 Å². The van der Waals surface area contributed by atoms with Gasteiger partial charge in [-0.15, -0.1) is 0 Å². The first-order chi connectivity index (χ1) is 12.3. The van der Waals surface area contributed by atoms with Crippen LogP contribution < -0.4 is 5.32 Å². The Morgan fingerprint density at radius 3 is 2.77 bits per heavy atom. The van der Waals surface area contributed by atoms with Crippen molar-refractivity contribution in [1.82, 2.24) is 20.2 Å². The van der Waals surface area contributed by atoms with Crippen molar-refractivity contribution in [3.05, 3.63) is 45.7 Å². The zero-order chi connectivity index (χ0) is 18.7. The van der Waals surface area contributed by atoms with Gasteiger partial charge in [0.15, 0.2) is 0 Å². The van der Waals surface area contributed by atoms with Crippen LogP contribution in [0.1, 0.15) is 35.6 Å². The summed E-state index contributed by atoms with van der Waals surface area (Å²) >= 11 is 1.58. The van der Waals surface area contributed by atoms with Crippen LogP contribution in [0.4, 0.5) is 18.0 Å². The second-order valence-electron chi connectivity index (χ2n) is 6.28. The van der Waals surface area contributed by atoms with Gasteiger partial charge < -0.3 is 10.2 Å². The molecule has 9 heteroatoms. The molecule has 2 amide bonds. The van der Waals surface area contributed by atoms with Crippen LogP contribution >= 0.6 is 11.3 Å². The van der Waals surface area contributed by atoms with Gasteiger partial charge in [-0.25, -0.2) is 14.8 Å². The van der Waals surface area contributed by atoms with Crippen LogP contribution in [0.25, 0.3) is 0 Å². The minimum absolute atomic E-state index is 0.0773. The zero-order valence-corrected chi connectivity index (χ0v) is 15.0. The molecule has 1 fully saturated rings. The average Bonchev–Trinajstić information content (AvgIpc) is 3.27. The van der Waals surface area contributed by atoms with Crippen LogP contribution in [0, 0.1) is 6.92 Å². The summed E-state index contributed by atoms with van der Waals surface area (Å²) in [6, 6.07) is 2.93. The Bertz CT molecular complexity index is 760. The maximum absolute atomic E-state index is 12.8. The summed E-state index contributed by atoms with van der Waals surface area (Å²) < 4.78 is 38.4. The first kappa shape index (κ1) is 18.6. The SMILES string of the molecule is Cc1cc(C(F)(F)F)nc(CCNC(=O)N(Cc2ccsc2)C2CC2)n1. The highest BCUT2D eigenvalue weighted by Gasteiger charge is 2.34. The summed E-state index contributed by atoms with van der Waals surface area (Å²) in [4.78, 5) is 21.8. The van der Waals surface area contributed by atoms with Crippen molar-refractivity contribution >= 4 is 17.4 Å². The quantitative estimate of drug-likeness (QED) is 0.825. The third-order valence-electron chi connectivity index (χ3n) is 4.00. The van der Waals surface area contributed by atoms with Crippen molar-refractivity contribution in [2.45, 2.75) is 44.9 Å². The topological polar surface area (TPSA) is 58.1 Å². The standard InChI is InChI=1S/C17H19F3N4OS/c1-11-8-14(17(18,19)20)23-15(22-11)4-6-21-16(25)24(13-2-3-13)9-12-5-7-26-10-12/h5,7-8,10,13H,2-4,6,9H2,1H3,(H,21,25). The predicted octanol–water partition coefficient (Wildman–Crippen LogP) is 3.78. The van der Waals surface area contributed by atoms with Gasteiger partial charge >= 0.3 is 12.2 Å². The fourth-order valence-corrected chi connectivity index (χ4v) is 3.26. The Morgan fingerprint density at radius 2 is 2.15 bits per heavy atom. The van der Waals surface area contributed by atoms with E-state index in [0.29, 0.717) is 6.54 Å². The maximum Gasteiger partial charge on any atom is 0.433 e. The molecule has 1 N–H and O–H groups in total. The number of carbonyl (C=O) groups excluding carboxylic acids is 1. The van der Waals surface area contributed by atoms with E-state index in [1.807, 2.05) is 16.8 Å². The Morgan fingerprint density at radius 1 is 1.38 bits per heavy atom. The van der Waals surface area contributed by atoms with Crippen molar-refractivity contribution in [3.63, 3.8) is 0 Å². The molecule has 0 saturated heterocycles. The number of halogens is 3. The highest BCUT2D eigenvalue weighted by molar-refractivity contribution is 7.07. The largest absolute Gasteiger partial charge is 0.433 e. The third kappa shape index (κ3) is 4.94. The first-order valence-electron chi connectivity index (χ1n) is 8.30. The van der Waals surface area contributed by atoms with Crippen LogP contribution in [-0.4, -0.2) is 33.5 Å². The second kappa shape index (κ2) is 7.61. The average molecular weight is 384 g/mol. The minimum Gasteiger partial charge on any atom is -0.338 e. The molecule has 26 heavy (non-hydrogen) atoms. The number of hydrogen-bond acceptors (Lipinski definition) is 4. The molecule has 2 heterocycles. The van der Waals surface area contributed by atoms with E-state index in [4.69, 9.17) is 0 Å². The molecule has 0 atom stereocenters. The van der Waals surface area contributed by atoms with Gasteiger partial charge in [-0.2, -0.15) is 24.5 Å². The summed E-state index contributed by atoms with van der Waals surface area (Å²) in [5.74, 6) is 0.0773. The van der Waals surface area contributed by atoms with Gasteiger partial charge in [-0.3, -0.25) is 0 Å². The van der Waals surface area contributed by atoms with Gasteiger partial charge in [0.1, 0.15) is 11.5 Å². The Kier molecular flexibility index (Phi) is 5.45. The number of nitrogens with one attached hydrogen (secondary N) is 1. The summed E-state index contributed by atoms with van der Waals surface area (Å²) in [7, 11) is 0.